The lowest BCUT2D eigenvalue weighted by molar-refractivity contribution is -0.118. The fourth-order valence-corrected chi connectivity index (χ4v) is 4.27. The monoisotopic (exact) mass is 315 g/mol. The van der Waals surface area contributed by atoms with Crippen molar-refractivity contribution in [1.82, 2.24) is 0 Å². The first-order valence-corrected chi connectivity index (χ1v) is 8.20. The maximum atomic E-state index is 12.3. The molecule has 24 heavy (non-hydrogen) atoms. The van der Waals surface area contributed by atoms with Crippen molar-refractivity contribution in [3.63, 3.8) is 0 Å². The number of amides is 1. The van der Waals surface area contributed by atoms with E-state index in [2.05, 4.69) is 43.3 Å². The number of carbonyl (C=O) groups is 1. The second kappa shape index (κ2) is 4.38. The van der Waals surface area contributed by atoms with Gasteiger partial charge in [-0.3, -0.25) is 9.69 Å². The van der Waals surface area contributed by atoms with Gasteiger partial charge in [0.15, 0.2) is 6.23 Å². The summed E-state index contributed by atoms with van der Waals surface area (Å²) in [6.07, 6.45) is -0.320. The molecule has 2 atom stereocenters. The van der Waals surface area contributed by atoms with Gasteiger partial charge in [0.05, 0.1) is 11.1 Å². The summed E-state index contributed by atoms with van der Waals surface area (Å²) in [4.78, 5) is 14.1. The molecule has 3 heteroatoms. The molecule has 0 fully saturated rings. The normalized spacial score (nSPS) is 23.6. The second-order valence-electron chi connectivity index (χ2n) is 6.77. The molecule has 3 aromatic carbocycles. The Balaban J connectivity index is 1.82. The molecule has 2 unspecified atom stereocenters. The van der Waals surface area contributed by atoms with Crippen LogP contribution in [0.4, 0.5) is 5.69 Å². The van der Waals surface area contributed by atoms with Crippen LogP contribution in [0.3, 0.4) is 0 Å². The number of carbonyl (C=O) groups excluding carboxylic acids is 1. The second-order valence-corrected chi connectivity index (χ2v) is 6.77. The molecule has 3 nitrogen and oxygen atoms in total. The number of fused-ring (bicyclic) bond motifs is 6. The number of nitrogens with zero attached hydrogens (tertiary/aromatic N) is 1. The van der Waals surface area contributed by atoms with E-state index in [0.717, 1.165) is 28.0 Å². The van der Waals surface area contributed by atoms with E-state index in [9.17, 15) is 4.79 Å². The molecule has 2 heterocycles. The minimum Gasteiger partial charge on any atom is -0.468 e. The Morgan fingerprint density at radius 1 is 1.00 bits per heavy atom. The van der Waals surface area contributed by atoms with Crippen LogP contribution in [0.5, 0.6) is 5.75 Å². The van der Waals surface area contributed by atoms with Gasteiger partial charge in [0.1, 0.15) is 5.75 Å². The van der Waals surface area contributed by atoms with E-state index < -0.39 is 0 Å². The third-order valence-electron chi connectivity index (χ3n) is 5.44. The third kappa shape index (κ3) is 1.49. The summed E-state index contributed by atoms with van der Waals surface area (Å²) in [7, 11) is 0. The lowest BCUT2D eigenvalue weighted by Gasteiger charge is -2.27. The van der Waals surface area contributed by atoms with Crippen LogP contribution >= 0.6 is 0 Å². The molecule has 118 valence electrons. The van der Waals surface area contributed by atoms with Crippen molar-refractivity contribution in [2.24, 2.45) is 0 Å². The van der Waals surface area contributed by atoms with Crippen LogP contribution in [-0.4, -0.2) is 12.1 Å². The molecular weight excluding hydrogens is 298 g/mol. The molecule has 0 saturated carbocycles. The van der Waals surface area contributed by atoms with E-state index in [1.165, 1.54) is 5.39 Å². The number of hydrogen-bond donors (Lipinski definition) is 0. The SMILES string of the molecule is CC(=O)N1c2ccccc2C2(C)c3cc4ccccc4cc3OC12. The Bertz CT molecular complexity index is 1010. The average molecular weight is 315 g/mol. The molecule has 5 rings (SSSR count). The molecule has 0 radical (unpaired) electrons. The maximum absolute atomic E-state index is 12.3. The summed E-state index contributed by atoms with van der Waals surface area (Å²) >= 11 is 0. The molecule has 0 aliphatic carbocycles. The molecule has 0 N–H and O–H groups in total. The molecule has 3 aromatic rings. The predicted molar refractivity (Wildman–Crippen MR) is 94.4 cm³/mol. The zero-order valence-corrected chi connectivity index (χ0v) is 13.6. The molecule has 0 spiro atoms. The molecule has 0 aromatic heterocycles. The lowest BCUT2D eigenvalue weighted by Crippen LogP contribution is -2.46. The molecule has 2 aliphatic heterocycles. The number of hydrogen-bond acceptors (Lipinski definition) is 2. The van der Waals surface area contributed by atoms with Crippen LogP contribution in [-0.2, 0) is 10.2 Å². The minimum atomic E-state index is -0.346. The largest absolute Gasteiger partial charge is 0.468 e. The summed E-state index contributed by atoms with van der Waals surface area (Å²) in [6.45, 7) is 3.78. The number of benzene rings is 3. The van der Waals surface area contributed by atoms with Gasteiger partial charge < -0.3 is 4.74 Å². The van der Waals surface area contributed by atoms with Gasteiger partial charge in [0.2, 0.25) is 5.91 Å². The average Bonchev–Trinajstić information content (AvgIpc) is 3.00. The maximum Gasteiger partial charge on any atom is 0.226 e. The Hall–Kier alpha value is -2.81. The van der Waals surface area contributed by atoms with E-state index in [0.29, 0.717) is 0 Å². The number of rotatable bonds is 0. The van der Waals surface area contributed by atoms with E-state index in [-0.39, 0.29) is 17.6 Å². The highest BCUT2D eigenvalue weighted by atomic mass is 16.5. The highest BCUT2D eigenvalue weighted by Crippen LogP contribution is 2.56. The van der Waals surface area contributed by atoms with Crippen LogP contribution in [0.15, 0.2) is 60.7 Å². The molecule has 0 saturated heterocycles. The molecule has 0 bridgehead atoms. The van der Waals surface area contributed by atoms with Crippen LogP contribution in [0.25, 0.3) is 10.8 Å². The topological polar surface area (TPSA) is 29.5 Å². The summed E-state index contributed by atoms with van der Waals surface area (Å²) in [5.41, 5.74) is 2.92. The van der Waals surface area contributed by atoms with Crippen molar-refractivity contribution in [3.8, 4) is 5.75 Å². The number of anilines is 1. The number of para-hydroxylation sites is 1. The smallest absolute Gasteiger partial charge is 0.226 e. The van der Waals surface area contributed by atoms with Crippen molar-refractivity contribution in [1.29, 1.82) is 0 Å². The Morgan fingerprint density at radius 3 is 2.42 bits per heavy atom. The van der Waals surface area contributed by atoms with Crippen LogP contribution in [0.2, 0.25) is 0 Å². The van der Waals surface area contributed by atoms with Crippen LogP contribution < -0.4 is 9.64 Å². The van der Waals surface area contributed by atoms with Gasteiger partial charge in [-0.1, -0.05) is 42.5 Å². The van der Waals surface area contributed by atoms with Gasteiger partial charge in [-0.15, -0.1) is 0 Å². The Morgan fingerprint density at radius 2 is 1.67 bits per heavy atom. The van der Waals surface area contributed by atoms with Crippen LogP contribution in [0, 0.1) is 0 Å². The van der Waals surface area contributed by atoms with E-state index in [1.807, 2.05) is 24.3 Å². The zero-order chi connectivity index (χ0) is 16.5. The summed E-state index contributed by atoms with van der Waals surface area (Å²) in [5, 5.41) is 2.35. The van der Waals surface area contributed by atoms with Gasteiger partial charge >= 0.3 is 0 Å². The highest BCUT2D eigenvalue weighted by Gasteiger charge is 2.57. The van der Waals surface area contributed by atoms with E-state index in [1.54, 1.807) is 11.8 Å². The van der Waals surface area contributed by atoms with Gasteiger partial charge in [0, 0.05) is 12.5 Å². The van der Waals surface area contributed by atoms with Crippen LogP contribution in [0.1, 0.15) is 25.0 Å². The number of ether oxygens (including phenoxy) is 1. The third-order valence-corrected chi connectivity index (χ3v) is 5.44. The van der Waals surface area contributed by atoms with Crippen molar-refractivity contribution >= 4 is 22.4 Å². The zero-order valence-electron chi connectivity index (χ0n) is 13.6. The quantitative estimate of drug-likeness (QED) is 0.621. The van der Waals surface area contributed by atoms with Crippen molar-refractivity contribution in [2.45, 2.75) is 25.5 Å². The van der Waals surface area contributed by atoms with Crippen molar-refractivity contribution in [2.75, 3.05) is 4.90 Å². The Kier molecular flexibility index (Phi) is 2.49. The summed E-state index contributed by atoms with van der Waals surface area (Å²) in [6, 6.07) is 20.7. The fourth-order valence-electron chi connectivity index (χ4n) is 4.27. The molecule has 2 aliphatic rings. The summed E-state index contributed by atoms with van der Waals surface area (Å²) in [5.74, 6) is 0.885. The van der Waals surface area contributed by atoms with Gasteiger partial charge in [0.25, 0.3) is 0 Å². The van der Waals surface area contributed by atoms with Crippen molar-refractivity contribution in [3.05, 3.63) is 71.8 Å². The van der Waals surface area contributed by atoms with Gasteiger partial charge in [-0.05, 0) is 41.5 Å². The lowest BCUT2D eigenvalue weighted by atomic mass is 9.77. The minimum absolute atomic E-state index is 0.00790. The molecule has 1 amide bonds. The van der Waals surface area contributed by atoms with E-state index >= 15 is 0 Å². The van der Waals surface area contributed by atoms with Gasteiger partial charge in [-0.25, -0.2) is 0 Å². The summed E-state index contributed by atoms with van der Waals surface area (Å²) < 4.78 is 6.30. The van der Waals surface area contributed by atoms with E-state index in [4.69, 9.17) is 4.74 Å². The first kappa shape index (κ1) is 13.6. The highest BCUT2D eigenvalue weighted by molar-refractivity contribution is 5.97. The standard InChI is InChI=1S/C21H17NO2/c1-13(23)22-18-10-6-5-9-16(18)21(2)17-11-14-7-3-4-8-15(14)12-19(17)24-20(21)22/h3-12,20H,1-2H3. The Labute approximate surface area is 140 Å². The van der Waals surface area contributed by atoms with Crippen molar-refractivity contribution < 1.29 is 9.53 Å². The fraction of sp³-hybridized carbons (Fsp3) is 0.190. The molecular formula is C21H17NO2. The van der Waals surface area contributed by atoms with Gasteiger partial charge in [-0.2, -0.15) is 0 Å². The first-order chi connectivity index (χ1) is 11.6. The first-order valence-electron chi connectivity index (χ1n) is 8.20. The predicted octanol–water partition coefficient (Wildman–Crippen LogP) is 4.23.